The first-order chi connectivity index (χ1) is 6.77. The fourth-order valence-electron chi connectivity index (χ4n) is 2.17. The monoisotopic (exact) mass is 194 g/mol. The maximum absolute atomic E-state index is 9.11. The summed E-state index contributed by atoms with van der Waals surface area (Å²) in [5.41, 5.74) is 0. The molecule has 0 heterocycles. The molecule has 1 rings (SSSR count). The van der Waals surface area contributed by atoms with E-state index in [0.717, 1.165) is 6.42 Å². The molecule has 0 bridgehead atoms. The van der Waals surface area contributed by atoms with Gasteiger partial charge in [-0.3, -0.25) is 5.32 Å². The zero-order valence-electron chi connectivity index (χ0n) is 9.42. The lowest BCUT2D eigenvalue weighted by Crippen LogP contribution is -2.41. The third kappa shape index (κ3) is 3.31. The van der Waals surface area contributed by atoms with Crippen molar-refractivity contribution in [1.82, 2.24) is 5.32 Å². The summed E-state index contributed by atoms with van der Waals surface area (Å²) in [5.74, 6) is 0.600. The van der Waals surface area contributed by atoms with E-state index in [9.17, 15) is 0 Å². The van der Waals surface area contributed by atoms with Gasteiger partial charge in [0.2, 0.25) is 0 Å². The van der Waals surface area contributed by atoms with Gasteiger partial charge in [0.25, 0.3) is 0 Å². The molecule has 0 spiro atoms. The van der Waals surface area contributed by atoms with E-state index in [1.807, 2.05) is 0 Å². The Bertz CT molecular complexity index is 189. The Morgan fingerprint density at radius 3 is 2.50 bits per heavy atom. The van der Waals surface area contributed by atoms with Crippen LogP contribution in [0.1, 0.15) is 52.4 Å². The van der Waals surface area contributed by atoms with Crippen molar-refractivity contribution in [1.29, 1.82) is 5.26 Å². The van der Waals surface area contributed by atoms with Crippen molar-refractivity contribution in [3.63, 3.8) is 0 Å². The van der Waals surface area contributed by atoms with E-state index in [1.54, 1.807) is 0 Å². The highest BCUT2D eigenvalue weighted by Gasteiger charge is 2.23. The lowest BCUT2D eigenvalue weighted by molar-refractivity contribution is 0.289. The smallest absolute Gasteiger partial charge is 0.0983 e. The van der Waals surface area contributed by atoms with Gasteiger partial charge in [0.05, 0.1) is 12.1 Å². The lowest BCUT2D eigenvalue weighted by Gasteiger charge is -2.28. The SMILES string of the molecule is CCC(C)NC(C#N)C1CCCCC1. The summed E-state index contributed by atoms with van der Waals surface area (Å²) in [5, 5.41) is 12.5. The molecule has 14 heavy (non-hydrogen) atoms. The molecule has 0 amide bonds. The molecule has 80 valence electrons. The third-order valence-electron chi connectivity index (χ3n) is 3.34. The molecule has 1 aliphatic carbocycles. The van der Waals surface area contributed by atoms with Gasteiger partial charge in [-0.05, 0) is 32.1 Å². The number of nitriles is 1. The fourth-order valence-corrected chi connectivity index (χ4v) is 2.17. The van der Waals surface area contributed by atoms with E-state index >= 15 is 0 Å². The van der Waals surface area contributed by atoms with Crippen LogP contribution < -0.4 is 5.32 Å². The first kappa shape index (κ1) is 11.5. The summed E-state index contributed by atoms with van der Waals surface area (Å²) in [6.07, 6.45) is 7.56. The van der Waals surface area contributed by atoms with Crippen LogP contribution in [0.3, 0.4) is 0 Å². The highest BCUT2D eigenvalue weighted by molar-refractivity contribution is 4.96. The van der Waals surface area contributed by atoms with Crippen LogP contribution in [-0.4, -0.2) is 12.1 Å². The van der Waals surface area contributed by atoms with Crippen LogP contribution in [0.25, 0.3) is 0 Å². The van der Waals surface area contributed by atoms with Crippen molar-refractivity contribution in [2.75, 3.05) is 0 Å². The van der Waals surface area contributed by atoms with E-state index in [4.69, 9.17) is 5.26 Å². The van der Waals surface area contributed by atoms with Crippen molar-refractivity contribution in [3.8, 4) is 6.07 Å². The van der Waals surface area contributed by atoms with E-state index in [2.05, 4.69) is 25.2 Å². The quantitative estimate of drug-likeness (QED) is 0.747. The van der Waals surface area contributed by atoms with Gasteiger partial charge < -0.3 is 0 Å². The molecule has 0 aromatic heterocycles. The number of nitrogens with one attached hydrogen (secondary N) is 1. The van der Waals surface area contributed by atoms with E-state index in [-0.39, 0.29) is 6.04 Å². The van der Waals surface area contributed by atoms with Crippen LogP contribution in [0.5, 0.6) is 0 Å². The van der Waals surface area contributed by atoms with Gasteiger partial charge in [-0.1, -0.05) is 26.2 Å². The Kier molecular flexibility index (Phi) is 4.97. The largest absolute Gasteiger partial charge is 0.299 e. The molecule has 1 N–H and O–H groups in total. The molecule has 1 aliphatic rings. The van der Waals surface area contributed by atoms with Crippen LogP contribution in [0.2, 0.25) is 0 Å². The molecule has 2 heteroatoms. The summed E-state index contributed by atoms with van der Waals surface area (Å²) < 4.78 is 0. The van der Waals surface area contributed by atoms with Crippen LogP contribution in [-0.2, 0) is 0 Å². The molecule has 2 atom stereocenters. The van der Waals surface area contributed by atoms with Gasteiger partial charge in [0, 0.05) is 6.04 Å². The molecule has 0 radical (unpaired) electrons. The Morgan fingerprint density at radius 2 is 2.00 bits per heavy atom. The second-order valence-corrected chi connectivity index (χ2v) is 4.48. The summed E-state index contributed by atoms with van der Waals surface area (Å²) in [7, 11) is 0. The highest BCUT2D eigenvalue weighted by atomic mass is 14.9. The van der Waals surface area contributed by atoms with Gasteiger partial charge >= 0.3 is 0 Å². The predicted molar refractivity (Wildman–Crippen MR) is 58.9 cm³/mol. The van der Waals surface area contributed by atoms with Crippen LogP contribution >= 0.6 is 0 Å². The Balaban J connectivity index is 2.40. The van der Waals surface area contributed by atoms with Gasteiger partial charge in [0.15, 0.2) is 0 Å². The molecule has 2 nitrogen and oxygen atoms in total. The zero-order valence-corrected chi connectivity index (χ0v) is 9.42. The van der Waals surface area contributed by atoms with Gasteiger partial charge in [0.1, 0.15) is 0 Å². The fraction of sp³-hybridized carbons (Fsp3) is 0.917. The lowest BCUT2D eigenvalue weighted by atomic mass is 9.84. The molecule has 0 saturated heterocycles. The van der Waals surface area contributed by atoms with Gasteiger partial charge in [-0.2, -0.15) is 5.26 Å². The summed E-state index contributed by atoms with van der Waals surface area (Å²) in [6, 6.07) is 2.99. The molecular formula is C12H22N2. The molecule has 2 unspecified atom stereocenters. The first-order valence-electron chi connectivity index (χ1n) is 5.93. The molecular weight excluding hydrogens is 172 g/mol. The molecule has 1 saturated carbocycles. The average Bonchev–Trinajstić information content (AvgIpc) is 2.26. The topological polar surface area (TPSA) is 35.8 Å². The molecule has 0 aromatic carbocycles. The Labute approximate surface area is 87.7 Å². The highest BCUT2D eigenvalue weighted by Crippen LogP contribution is 2.26. The number of hydrogen-bond donors (Lipinski definition) is 1. The van der Waals surface area contributed by atoms with Crippen molar-refractivity contribution in [2.24, 2.45) is 5.92 Å². The number of nitrogens with zero attached hydrogens (tertiary/aromatic N) is 1. The van der Waals surface area contributed by atoms with Gasteiger partial charge in [-0.15, -0.1) is 0 Å². The minimum absolute atomic E-state index is 0.0882. The minimum Gasteiger partial charge on any atom is -0.299 e. The van der Waals surface area contributed by atoms with Crippen LogP contribution in [0.4, 0.5) is 0 Å². The maximum atomic E-state index is 9.11. The maximum Gasteiger partial charge on any atom is 0.0983 e. The first-order valence-corrected chi connectivity index (χ1v) is 5.93. The summed E-state index contributed by atoms with van der Waals surface area (Å²) in [6.45, 7) is 4.32. The molecule has 0 aromatic rings. The van der Waals surface area contributed by atoms with Gasteiger partial charge in [-0.25, -0.2) is 0 Å². The standard InChI is InChI=1S/C12H22N2/c1-3-10(2)14-12(9-13)11-7-5-4-6-8-11/h10-12,14H,3-8H2,1-2H3. The third-order valence-corrected chi connectivity index (χ3v) is 3.34. The predicted octanol–water partition coefficient (Wildman–Crippen LogP) is 2.85. The summed E-state index contributed by atoms with van der Waals surface area (Å²) >= 11 is 0. The van der Waals surface area contributed by atoms with Crippen molar-refractivity contribution in [2.45, 2.75) is 64.5 Å². The van der Waals surface area contributed by atoms with Crippen LogP contribution in [0, 0.1) is 17.2 Å². The van der Waals surface area contributed by atoms with E-state index in [0.29, 0.717) is 12.0 Å². The van der Waals surface area contributed by atoms with Crippen molar-refractivity contribution < 1.29 is 0 Å². The Hall–Kier alpha value is -0.550. The van der Waals surface area contributed by atoms with Crippen molar-refractivity contribution >= 4 is 0 Å². The van der Waals surface area contributed by atoms with Crippen LogP contribution in [0.15, 0.2) is 0 Å². The minimum atomic E-state index is 0.0882. The summed E-state index contributed by atoms with van der Waals surface area (Å²) in [4.78, 5) is 0. The molecule has 1 fully saturated rings. The normalized spacial score (nSPS) is 22.6. The number of rotatable bonds is 4. The average molecular weight is 194 g/mol. The Morgan fingerprint density at radius 1 is 1.36 bits per heavy atom. The molecule has 0 aliphatic heterocycles. The van der Waals surface area contributed by atoms with E-state index in [1.165, 1.54) is 32.1 Å². The number of hydrogen-bond acceptors (Lipinski definition) is 2. The zero-order chi connectivity index (χ0) is 10.4. The van der Waals surface area contributed by atoms with Crippen molar-refractivity contribution in [3.05, 3.63) is 0 Å². The van der Waals surface area contributed by atoms with E-state index < -0.39 is 0 Å². The second kappa shape index (κ2) is 6.03. The second-order valence-electron chi connectivity index (χ2n) is 4.48.